The summed E-state index contributed by atoms with van der Waals surface area (Å²) in [5.74, 6) is -2.56. The van der Waals surface area contributed by atoms with Crippen LogP contribution in [0.4, 0.5) is 0 Å². The first-order valence-electron chi connectivity index (χ1n) is 17.5. The van der Waals surface area contributed by atoms with Crippen molar-refractivity contribution in [2.75, 3.05) is 33.3 Å². The minimum Gasteiger partial charge on any atom is -0.465 e. The van der Waals surface area contributed by atoms with Crippen molar-refractivity contribution in [3.05, 3.63) is 99.7 Å². The highest BCUT2D eigenvalue weighted by Gasteiger charge is 2.42. The van der Waals surface area contributed by atoms with Gasteiger partial charge in [0.25, 0.3) is 11.5 Å². The fourth-order valence-corrected chi connectivity index (χ4v) is 7.24. The third-order valence-corrected chi connectivity index (χ3v) is 10.0. The Kier molecular flexibility index (Phi) is 10.1. The van der Waals surface area contributed by atoms with Crippen LogP contribution in [0.1, 0.15) is 82.6 Å². The summed E-state index contributed by atoms with van der Waals surface area (Å²) in [7, 11) is 3.04. The zero-order valence-electron chi connectivity index (χ0n) is 30.2. The largest absolute Gasteiger partial charge is 0.465 e. The number of nitrogens with zero attached hydrogens (tertiary/aromatic N) is 5. The summed E-state index contributed by atoms with van der Waals surface area (Å²) in [6.45, 7) is 6.41. The Labute approximate surface area is 301 Å². The third-order valence-electron chi connectivity index (χ3n) is 10.0. The fourth-order valence-electron chi connectivity index (χ4n) is 7.24. The van der Waals surface area contributed by atoms with Gasteiger partial charge in [-0.2, -0.15) is 0 Å². The number of ether oxygens (including phenoxy) is 2. The molecule has 0 bridgehead atoms. The molecule has 2 aliphatic heterocycles. The normalized spacial score (nSPS) is 19.0. The number of hydrogen-bond acceptors (Lipinski definition) is 9. The SMILES string of the molecule is COC(=O)c1cc(C(=O)OC(C)(C)C)cc(C(=O)N2CC[C@@H](C(=O)N3CCC(O)(Cn4cnc5c(ccn5C)c4=O)CC3)[C@H](c3ccccc3)C2)c1. The van der Waals surface area contributed by atoms with E-state index in [2.05, 4.69) is 4.98 Å². The zero-order valence-corrected chi connectivity index (χ0v) is 30.2. The van der Waals surface area contributed by atoms with E-state index in [0.29, 0.717) is 43.4 Å². The molecule has 2 fully saturated rings. The van der Waals surface area contributed by atoms with Crippen LogP contribution in [0.2, 0.25) is 0 Å². The van der Waals surface area contributed by atoms with Crippen LogP contribution in [0, 0.1) is 5.92 Å². The fraction of sp³-hybridized carbons (Fsp3) is 0.436. The van der Waals surface area contributed by atoms with Crippen molar-refractivity contribution in [1.29, 1.82) is 0 Å². The van der Waals surface area contributed by atoms with Gasteiger partial charge in [0, 0.05) is 56.8 Å². The second-order valence-electron chi connectivity index (χ2n) is 14.8. The highest BCUT2D eigenvalue weighted by atomic mass is 16.6. The summed E-state index contributed by atoms with van der Waals surface area (Å²) in [6, 6.07) is 15.5. The van der Waals surface area contributed by atoms with Gasteiger partial charge in [0.05, 0.1) is 35.8 Å². The van der Waals surface area contributed by atoms with Crippen molar-refractivity contribution < 1.29 is 33.8 Å². The maximum Gasteiger partial charge on any atom is 0.338 e. The van der Waals surface area contributed by atoms with Gasteiger partial charge in [-0.1, -0.05) is 30.3 Å². The molecule has 13 heteroatoms. The Hall–Kier alpha value is -5.30. The van der Waals surface area contributed by atoms with Crippen LogP contribution in [0.5, 0.6) is 0 Å². The van der Waals surface area contributed by atoms with Gasteiger partial charge in [0.2, 0.25) is 5.91 Å². The van der Waals surface area contributed by atoms with E-state index < -0.39 is 29.1 Å². The molecule has 0 spiro atoms. The quantitative estimate of drug-likeness (QED) is 0.282. The Balaban J connectivity index is 1.19. The summed E-state index contributed by atoms with van der Waals surface area (Å²) in [5, 5.41) is 12.0. The molecule has 2 aliphatic rings. The Morgan fingerprint density at radius 3 is 2.23 bits per heavy atom. The summed E-state index contributed by atoms with van der Waals surface area (Å²) in [5.41, 5.74) is -0.471. The molecule has 274 valence electrons. The van der Waals surface area contributed by atoms with E-state index in [1.54, 1.807) is 47.4 Å². The van der Waals surface area contributed by atoms with Crippen molar-refractivity contribution in [3.63, 3.8) is 0 Å². The van der Waals surface area contributed by atoms with Crippen LogP contribution < -0.4 is 5.56 Å². The van der Waals surface area contributed by atoms with Gasteiger partial charge in [0.1, 0.15) is 17.6 Å². The van der Waals surface area contributed by atoms with Crippen LogP contribution in [0.15, 0.2) is 71.9 Å². The number of amides is 2. The molecule has 0 radical (unpaired) electrons. The van der Waals surface area contributed by atoms with E-state index in [0.717, 1.165) is 5.56 Å². The minimum absolute atomic E-state index is 0.0469. The average Bonchev–Trinajstić information content (AvgIpc) is 3.52. The van der Waals surface area contributed by atoms with Crippen molar-refractivity contribution in [1.82, 2.24) is 23.9 Å². The molecule has 2 aromatic carbocycles. The molecule has 4 aromatic rings. The maximum atomic E-state index is 14.2. The van der Waals surface area contributed by atoms with Crippen LogP contribution in [-0.4, -0.2) is 97.3 Å². The number of aromatic nitrogens is 3. The number of hydrogen-bond donors (Lipinski definition) is 1. The third kappa shape index (κ3) is 7.64. The molecule has 2 amide bonds. The van der Waals surface area contributed by atoms with E-state index in [1.807, 2.05) is 37.4 Å². The second kappa shape index (κ2) is 14.4. The lowest BCUT2D eigenvalue weighted by Crippen LogP contribution is -2.53. The van der Waals surface area contributed by atoms with Gasteiger partial charge < -0.3 is 28.9 Å². The summed E-state index contributed by atoms with van der Waals surface area (Å²) < 4.78 is 13.6. The topological polar surface area (TPSA) is 153 Å². The lowest BCUT2D eigenvalue weighted by molar-refractivity contribution is -0.142. The molecular weight excluding hydrogens is 666 g/mol. The highest BCUT2D eigenvalue weighted by molar-refractivity contribution is 6.02. The molecule has 2 aromatic heterocycles. The van der Waals surface area contributed by atoms with E-state index in [-0.39, 0.29) is 59.6 Å². The van der Waals surface area contributed by atoms with E-state index in [9.17, 15) is 29.1 Å². The average molecular weight is 712 g/mol. The second-order valence-corrected chi connectivity index (χ2v) is 14.8. The van der Waals surface area contributed by atoms with Gasteiger partial charge in [-0.3, -0.25) is 19.0 Å². The first-order valence-corrected chi connectivity index (χ1v) is 17.5. The van der Waals surface area contributed by atoms with E-state index in [1.165, 1.54) is 36.2 Å². The number of benzene rings is 2. The lowest BCUT2D eigenvalue weighted by atomic mass is 9.79. The smallest absolute Gasteiger partial charge is 0.338 e. The number of aliphatic hydroxyl groups is 1. The molecule has 0 saturated carbocycles. The van der Waals surface area contributed by atoms with E-state index in [4.69, 9.17) is 9.47 Å². The first kappa shape index (κ1) is 36.5. The summed E-state index contributed by atoms with van der Waals surface area (Å²) >= 11 is 0. The lowest BCUT2D eigenvalue weighted by Gasteiger charge is -2.43. The number of aryl methyl sites for hydroxylation is 1. The van der Waals surface area contributed by atoms with Gasteiger partial charge in [-0.05, 0) is 69.9 Å². The van der Waals surface area contributed by atoms with Gasteiger partial charge in [-0.25, -0.2) is 14.6 Å². The first-order chi connectivity index (χ1) is 24.7. The van der Waals surface area contributed by atoms with Gasteiger partial charge >= 0.3 is 11.9 Å². The standard InChI is InChI=1S/C39H45N5O8/c1-38(2,3)52-37(49)28-20-26(19-27(21-28)36(48)51-5)33(45)43-16-12-29(31(22-43)25-9-7-6-8-10-25)34(46)42-17-13-39(50,14-18-42)23-44-24-40-32-30(35(44)47)11-15-41(32)4/h6-11,15,19-21,24,29,31,50H,12-14,16-18,22-23H2,1-5H3/t29-,31+/m1/s1. The number of fused-ring (bicyclic) bond motifs is 1. The molecule has 52 heavy (non-hydrogen) atoms. The molecule has 2 atom stereocenters. The molecule has 13 nitrogen and oxygen atoms in total. The molecular formula is C39H45N5O8. The predicted molar refractivity (Wildman–Crippen MR) is 192 cm³/mol. The maximum absolute atomic E-state index is 14.2. The van der Waals surface area contributed by atoms with Crippen LogP contribution in [0.25, 0.3) is 11.0 Å². The number of likely N-dealkylation sites (tertiary alicyclic amines) is 2. The van der Waals surface area contributed by atoms with Crippen molar-refractivity contribution >= 4 is 34.8 Å². The molecule has 2 saturated heterocycles. The van der Waals surface area contributed by atoms with Crippen LogP contribution in [0.3, 0.4) is 0 Å². The molecule has 1 N–H and O–H groups in total. The summed E-state index contributed by atoms with van der Waals surface area (Å²) in [6.07, 6.45) is 4.21. The number of carbonyl (C=O) groups excluding carboxylic acids is 4. The van der Waals surface area contributed by atoms with Crippen LogP contribution >= 0.6 is 0 Å². The van der Waals surface area contributed by atoms with Crippen LogP contribution in [-0.2, 0) is 27.9 Å². The number of rotatable bonds is 7. The van der Waals surface area contributed by atoms with Crippen molar-refractivity contribution in [2.45, 2.75) is 63.7 Å². The number of piperidine rings is 2. The monoisotopic (exact) mass is 711 g/mol. The zero-order chi connectivity index (χ0) is 37.4. The molecule has 4 heterocycles. The summed E-state index contributed by atoms with van der Waals surface area (Å²) in [4.78, 5) is 74.8. The molecule has 0 unspecified atom stereocenters. The van der Waals surface area contributed by atoms with Crippen molar-refractivity contribution in [2.24, 2.45) is 13.0 Å². The van der Waals surface area contributed by atoms with Crippen molar-refractivity contribution in [3.8, 4) is 0 Å². The van der Waals surface area contributed by atoms with E-state index >= 15 is 0 Å². The molecule has 6 rings (SSSR count). The Morgan fingerprint density at radius 1 is 0.923 bits per heavy atom. The number of methoxy groups -OCH3 is 1. The minimum atomic E-state index is -1.18. The Morgan fingerprint density at radius 2 is 1.58 bits per heavy atom. The number of esters is 2. The predicted octanol–water partition coefficient (Wildman–Crippen LogP) is 3.78. The Bertz CT molecular complexity index is 2060. The van der Waals surface area contributed by atoms with Gasteiger partial charge in [-0.15, -0.1) is 0 Å². The van der Waals surface area contributed by atoms with Gasteiger partial charge in [0.15, 0.2) is 0 Å². The number of carbonyl (C=O) groups is 4. The highest BCUT2D eigenvalue weighted by Crippen LogP contribution is 2.36. The molecule has 0 aliphatic carbocycles.